The summed E-state index contributed by atoms with van der Waals surface area (Å²) in [5.41, 5.74) is 3.13. The van der Waals surface area contributed by atoms with Gasteiger partial charge in [0, 0.05) is 18.3 Å². The van der Waals surface area contributed by atoms with Gasteiger partial charge in [-0.15, -0.1) is 0 Å². The molecule has 1 aliphatic rings. The molecule has 24 heavy (non-hydrogen) atoms. The molecule has 0 bridgehead atoms. The van der Waals surface area contributed by atoms with Crippen LogP contribution < -0.4 is 10.0 Å². The lowest BCUT2D eigenvalue weighted by molar-refractivity contribution is 0.0963. The van der Waals surface area contributed by atoms with Crippen LogP contribution in [0.1, 0.15) is 34.3 Å². The number of carbonyl (C=O) groups excluding carboxylic acids is 1. The first-order valence-electron chi connectivity index (χ1n) is 7.96. The fraction of sp³-hybridized carbons (Fsp3) is 0.278. The van der Waals surface area contributed by atoms with E-state index < -0.39 is 10.0 Å². The Morgan fingerprint density at radius 1 is 1.00 bits per heavy atom. The van der Waals surface area contributed by atoms with E-state index in [9.17, 15) is 13.2 Å². The standard InChI is InChI=1S/C18H20N2O3S/c1-19-18(21)15-7-4-8-16(11-15)20-24(22,23)17-10-9-13-5-2-3-6-14(13)12-17/h4,7-12,20H,2-3,5-6H2,1H3,(H,19,21). The zero-order chi connectivity index (χ0) is 17.2. The molecule has 0 unspecified atom stereocenters. The first-order valence-corrected chi connectivity index (χ1v) is 9.45. The molecule has 0 atom stereocenters. The fourth-order valence-electron chi connectivity index (χ4n) is 2.96. The van der Waals surface area contributed by atoms with E-state index >= 15 is 0 Å². The smallest absolute Gasteiger partial charge is 0.261 e. The van der Waals surface area contributed by atoms with Crippen molar-refractivity contribution in [3.05, 3.63) is 59.2 Å². The molecule has 0 aliphatic heterocycles. The minimum atomic E-state index is -3.68. The van der Waals surface area contributed by atoms with Crippen LogP contribution in [0, 0.1) is 0 Å². The van der Waals surface area contributed by atoms with E-state index in [2.05, 4.69) is 10.0 Å². The van der Waals surface area contributed by atoms with Gasteiger partial charge in [-0.25, -0.2) is 8.42 Å². The van der Waals surface area contributed by atoms with Gasteiger partial charge >= 0.3 is 0 Å². The number of nitrogens with one attached hydrogen (secondary N) is 2. The molecule has 0 heterocycles. The van der Waals surface area contributed by atoms with Gasteiger partial charge in [0.05, 0.1) is 4.90 Å². The molecule has 2 N–H and O–H groups in total. The van der Waals surface area contributed by atoms with Crippen molar-refractivity contribution >= 4 is 21.6 Å². The average Bonchev–Trinajstić information content (AvgIpc) is 2.60. The van der Waals surface area contributed by atoms with Crippen molar-refractivity contribution < 1.29 is 13.2 Å². The molecule has 0 spiro atoms. The predicted octanol–water partition coefficient (Wildman–Crippen LogP) is 2.73. The highest BCUT2D eigenvalue weighted by Crippen LogP contribution is 2.25. The first kappa shape index (κ1) is 16.5. The summed E-state index contributed by atoms with van der Waals surface area (Å²) >= 11 is 0. The second-order valence-corrected chi connectivity index (χ2v) is 7.59. The summed E-state index contributed by atoms with van der Waals surface area (Å²) in [7, 11) is -2.14. The Hall–Kier alpha value is -2.34. The molecule has 2 aromatic rings. The quantitative estimate of drug-likeness (QED) is 0.895. The maximum absolute atomic E-state index is 12.6. The zero-order valence-corrected chi connectivity index (χ0v) is 14.3. The van der Waals surface area contributed by atoms with E-state index in [1.165, 1.54) is 18.7 Å². The van der Waals surface area contributed by atoms with Crippen LogP contribution in [-0.4, -0.2) is 21.4 Å². The van der Waals surface area contributed by atoms with Gasteiger partial charge in [0.15, 0.2) is 0 Å². The normalized spacial score (nSPS) is 13.9. The lowest BCUT2D eigenvalue weighted by Crippen LogP contribution is -2.18. The SMILES string of the molecule is CNC(=O)c1cccc(NS(=O)(=O)c2ccc3c(c2)CCCC3)c1. The lowest BCUT2D eigenvalue weighted by atomic mass is 9.92. The van der Waals surface area contributed by atoms with Gasteiger partial charge in [-0.3, -0.25) is 9.52 Å². The molecular weight excluding hydrogens is 324 g/mol. The summed E-state index contributed by atoms with van der Waals surface area (Å²) in [5.74, 6) is -0.259. The van der Waals surface area contributed by atoms with Crippen molar-refractivity contribution in [3.8, 4) is 0 Å². The van der Waals surface area contributed by atoms with Crippen molar-refractivity contribution in [2.75, 3.05) is 11.8 Å². The van der Waals surface area contributed by atoms with E-state index in [4.69, 9.17) is 0 Å². The summed E-state index contributed by atoms with van der Waals surface area (Å²) in [5, 5.41) is 2.52. The average molecular weight is 344 g/mol. The summed E-state index contributed by atoms with van der Waals surface area (Å²) in [6, 6.07) is 11.8. The van der Waals surface area contributed by atoms with Gasteiger partial charge in [0.2, 0.25) is 0 Å². The minimum Gasteiger partial charge on any atom is -0.355 e. The number of anilines is 1. The number of fused-ring (bicyclic) bond motifs is 1. The Morgan fingerprint density at radius 2 is 1.75 bits per heavy atom. The van der Waals surface area contributed by atoms with Gasteiger partial charge in [-0.2, -0.15) is 0 Å². The highest BCUT2D eigenvalue weighted by molar-refractivity contribution is 7.92. The third-order valence-corrected chi connectivity index (χ3v) is 5.61. The number of benzene rings is 2. The third kappa shape index (κ3) is 3.43. The Balaban J connectivity index is 1.88. The fourth-order valence-corrected chi connectivity index (χ4v) is 4.06. The molecule has 0 saturated carbocycles. The van der Waals surface area contributed by atoms with Gasteiger partial charge in [-0.05, 0) is 67.1 Å². The Labute approximate surface area is 142 Å². The molecule has 3 rings (SSSR count). The van der Waals surface area contributed by atoms with Crippen LogP contribution in [0.25, 0.3) is 0 Å². The molecule has 126 valence electrons. The molecule has 1 aliphatic carbocycles. The Bertz CT molecular complexity index is 876. The highest BCUT2D eigenvalue weighted by atomic mass is 32.2. The molecule has 2 aromatic carbocycles. The molecule has 0 saturated heterocycles. The number of sulfonamides is 1. The van der Waals surface area contributed by atoms with Crippen molar-refractivity contribution in [1.82, 2.24) is 5.32 Å². The number of aryl methyl sites for hydroxylation is 2. The lowest BCUT2D eigenvalue weighted by Gasteiger charge is -2.17. The first-order chi connectivity index (χ1) is 11.5. The van der Waals surface area contributed by atoms with Crippen molar-refractivity contribution in [1.29, 1.82) is 0 Å². The summed E-state index contributed by atoms with van der Waals surface area (Å²) in [6.45, 7) is 0. The van der Waals surface area contributed by atoms with E-state index in [-0.39, 0.29) is 10.8 Å². The van der Waals surface area contributed by atoms with Gasteiger partial charge in [0.25, 0.3) is 15.9 Å². The van der Waals surface area contributed by atoms with Crippen LogP contribution in [-0.2, 0) is 22.9 Å². The highest BCUT2D eigenvalue weighted by Gasteiger charge is 2.18. The summed E-state index contributed by atoms with van der Waals surface area (Å²) < 4.78 is 27.8. The van der Waals surface area contributed by atoms with Crippen LogP contribution in [0.2, 0.25) is 0 Å². The second kappa shape index (κ2) is 6.65. The molecule has 0 radical (unpaired) electrons. The summed E-state index contributed by atoms with van der Waals surface area (Å²) in [4.78, 5) is 11.9. The van der Waals surface area contributed by atoms with Crippen LogP contribution in [0.3, 0.4) is 0 Å². The molecule has 6 heteroatoms. The third-order valence-electron chi connectivity index (χ3n) is 4.23. The predicted molar refractivity (Wildman–Crippen MR) is 93.7 cm³/mol. The van der Waals surface area contributed by atoms with Crippen LogP contribution in [0.4, 0.5) is 5.69 Å². The number of amides is 1. The Morgan fingerprint density at radius 3 is 2.50 bits per heavy atom. The van der Waals surface area contributed by atoms with Crippen molar-refractivity contribution in [2.24, 2.45) is 0 Å². The molecule has 0 fully saturated rings. The van der Waals surface area contributed by atoms with Crippen LogP contribution >= 0.6 is 0 Å². The maximum Gasteiger partial charge on any atom is 0.261 e. The molecule has 1 amide bonds. The largest absolute Gasteiger partial charge is 0.355 e. The van der Waals surface area contributed by atoms with Gasteiger partial charge < -0.3 is 5.32 Å². The van der Waals surface area contributed by atoms with Crippen molar-refractivity contribution in [2.45, 2.75) is 30.6 Å². The zero-order valence-electron chi connectivity index (χ0n) is 13.5. The van der Waals surface area contributed by atoms with E-state index in [1.807, 2.05) is 6.07 Å². The number of carbonyl (C=O) groups is 1. The molecular formula is C18H20N2O3S. The van der Waals surface area contributed by atoms with Gasteiger partial charge in [-0.1, -0.05) is 12.1 Å². The van der Waals surface area contributed by atoms with E-state index in [0.29, 0.717) is 11.3 Å². The van der Waals surface area contributed by atoms with E-state index in [1.54, 1.807) is 30.3 Å². The molecule has 5 nitrogen and oxygen atoms in total. The molecule has 0 aromatic heterocycles. The van der Waals surface area contributed by atoms with E-state index in [0.717, 1.165) is 31.2 Å². The van der Waals surface area contributed by atoms with Crippen molar-refractivity contribution in [3.63, 3.8) is 0 Å². The van der Waals surface area contributed by atoms with Gasteiger partial charge in [0.1, 0.15) is 0 Å². The topological polar surface area (TPSA) is 75.3 Å². The monoisotopic (exact) mass is 344 g/mol. The van der Waals surface area contributed by atoms with Crippen LogP contribution in [0.15, 0.2) is 47.4 Å². The number of rotatable bonds is 4. The number of hydrogen-bond acceptors (Lipinski definition) is 3. The minimum absolute atomic E-state index is 0.258. The van der Waals surface area contributed by atoms with Crippen LogP contribution in [0.5, 0.6) is 0 Å². The second-order valence-electron chi connectivity index (χ2n) is 5.90. The number of hydrogen-bond donors (Lipinski definition) is 2. The summed E-state index contributed by atoms with van der Waals surface area (Å²) in [6.07, 6.45) is 4.18. The maximum atomic E-state index is 12.6. The Kier molecular flexibility index (Phi) is 4.57.